The molecule has 3 N–H and O–H groups in total. The predicted molar refractivity (Wildman–Crippen MR) is 86.8 cm³/mol. The quantitative estimate of drug-likeness (QED) is 0.867. The molecule has 0 saturated carbocycles. The third-order valence-electron chi connectivity index (χ3n) is 2.87. The first-order chi connectivity index (χ1) is 9.88. The van der Waals surface area contributed by atoms with E-state index in [0.29, 0.717) is 20.7 Å². The van der Waals surface area contributed by atoms with Crippen molar-refractivity contribution in [1.82, 2.24) is 0 Å². The molecule has 0 radical (unpaired) electrons. The van der Waals surface area contributed by atoms with Gasteiger partial charge in [-0.2, -0.15) is 0 Å². The number of hydrogen-bond acceptors (Lipinski definition) is 2. The molecule has 2 amide bonds. The Morgan fingerprint density at radius 1 is 1.19 bits per heavy atom. The lowest BCUT2D eigenvalue weighted by atomic mass is 10.1. The Morgan fingerprint density at radius 3 is 2.52 bits per heavy atom. The number of nitrogens with two attached hydrogens (primary N) is 1. The van der Waals surface area contributed by atoms with Crippen molar-refractivity contribution in [2.45, 2.75) is 6.92 Å². The van der Waals surface area contributed by atoms with Gasteiger partial charge in [-0.15, -0.1) is 0 Å². The number of hydrogen-bond donors (Lipinski definition) is 2. The number of anilines is 1. The van der Waals surface area contributed by atoms with Crippen molar-refractivity contribution in [1.29, 1.82) is 0 Å². The number of carbonyl (C=O) groups excluding carboxylic acids is 2. The fraction of sp³-hybridized carbons (Fsp3) is 0.0667. The Balaban J connectivity index is 2.31. The van der Waals surface area contributed by atoms with Crippen molar-refractivity contribution in [3.8, 4) is 0 Å². The van der Waals surface area contributed by atoms with Gasteiger partial charge in [-0.25, -0.2) is 0 Å². The Labute approximate surface area is 135 Å². The van der Waals surface area contributed by atoms with Crippen LogP contribution in [0.3, 0.4) is 0 Å². The third-order valence-corrected chi connectivity index (χ3v) is 3.85. The van der Waals surface area contributed by atoms with E-state index < -0.39 is 5.91 Å². The van der Waals surface area contributed by atoms with Crippen LogP contribution in [0.5, 0.6) is 0 Å². The lowest BCUT2D eigenvalue weighted by molar-refractivity contribution is 0.0996. The van der Waals surface area contributed by atoms with Crippen molar-refractivity contribution >= 4 is 45.0 Å². The maximum absolute atomic E-state index is 12.3. The molecule has 0 bridgehead atoms. The summed E-state index contributed by atoms with van der Waals surface area (Å²) in [7, 11) is 0. The van der Waals surface area contributed by atoms with Crippen molar-refractivity contribution in [2.24, 2.45) is 5.73 Å². The number of aryl methyl sites for hydroxylation is 1. The second kappa shape index (κ2) is 6.28. The first kappa shape index (κ1) is 15.5. The molecule has 0 atom stereocenters. The summed E-state index contributed by atoms with van der Waals surface area (Å²) in [4.78, 5) is 23.4. The molecule has 0 spiro atoms. The number of amides is 2. The molecule has 0 fully saturated rings. The van der Waals surface area contributed by atoms with Crippen molar-refractivity contribution in [3.05, 3.63) is 62.6 Å². The third kappa shape index (κ3) is 3.62. The van der Waals surface area contributed by atoms with Gasteiger partial charge in [0.05, 0.1) is 16.3 Å². The lowest BCUT2D eigenvalue weighted by Gasteiger charge is -2.10. The minimum Gasteiger partial charge on any atom is -0.366 e. The number of halogens is 2. The molecule has 2 rings (SSSR count). The number of primary amides is 1. The molecule has 21 heavy (non-hydrogen) atoms. The zero-order chi connectivity index (χ0) is 15.6. The number of carbonyl (C=O) groups is 2. The highest BCUT2D eigenvalue weighted by atomic mass is 79.9. The molecular weight excluding hydrogens is 356 g/mol. The number of benzene rings is 2. The van der Waals surface area contributed by atoms with Gasteiger partial charge in [0.1, 0.15) is 0 Å². The topological polar surface area (TPSA) is 72.2 Å². The van der Waals surface area contributed by atoms with Crippen LogP contribution in [0.15, 0.2) is 40.9 Å². The number of rotatable bonds is 3. The molecular formula is C15H12BrClN2O2. The number of nitrogens with one attached hydrogen (secondary N) is 1. The van der Waals surface area contributed by atoms with E-state index in [1.165, 1.54) is 18.2 Å². The molecule has 0 aliphatic rings. The van der Waals surface area contributed by atoms with Gasteiger partial charge in [0.2, 0.25) is 5.91 Å². The fourth-order valence-electron chi connectivity index (χ4n) is 1.77. The lowest BCUT2D eigenvalue weighted by Crippen LogP contribution is -2.15. The highest BCUT2D eigenvalue weighted by Gasteiger charge is 2.13. The van der Waals surface area contributed by atoms with E-state index in [4.69, 9.17) is 17.3 Å². The molecule has 0 unspecified atom stereocenters. The SMILES string of the molecule is Cc1ccc(C(=O)Nc2cc(C(N)=O)ccc2Cl)c(Br)c1. The highest BCUT2D eigenvalue weighted by molar-refractivity contribution is 9.10. The Morgan fingerprint density at radius 2 is 1.90 bits per heavy atom. The smallest absolute Gasteiger partial charge is 0.256 e. The molecule has 0 aromatic heterocycles. The highest BCUT2D eigenvalue weighted by Crippen LogP contribution is 2.25. The van der Waals surface area contributed by atoms with Crippen LogP contribution in [0.25, 0.3) is 0 Å². The zero-order valence-electron chi connectivity index (χ0n) is 11.1. The van der Waals surface area contributed by atoms with Crippen LogP contribution in [0, 0.1) is 6.92 Å². The first-order valence-electron chi connectivity index (χ1n) is 6.05. The van der Waals surface area contributed by atoms with Gasteiger partial charge in [0, 0.05) is 10.0 Å². The van der Waals surface area contributed by atoms with Gasteiger partial charge in [0.15, 0.2) is 0 Å². The molecule has 0 saturated heterocycles. The van der Waals surface area contributed by atoms with Crippen LogP contribution >= 0.6 is 27.5 Å². The largest absolute Gasteiger partial charge is 0.366 e. The summed E-state index contributed by atoms with van der Waals surface area (Å²) in [6.45, 7) is 1.93. The van der Waals surface area contributed by atoms with Crippen LogP contribution in [-0.4, -0.2) is 11.8 Å². The van der Waals surface area contributed by atoms with Crippen LogP contribution in [0.1, 0.15) is 26.3 Å². The molecule has 0 aliphatic carbocycles. The van der Waals surface area contributed by atoms with Gasteiger partial charge < -0.3 is 11.1 Å². The van der Waals surface area contributed by atoms with Crippen LogP contribution in [0.2, 0.25) is 5.02 Å². The Kier molecular flexibility index (Phi) is 4.65. The predicted octanol–water partition coefficient (Wildman–Crippen LogP) is 3.76. The van der Waals surface area contributed by atoms with Gasteiger partial charge in [-0.05, 0) is 58.7 Å². The van der Waals surface area contributed by atoms with Crippen molar-refractivity contribution in [2.75, 3.05) is 5.32 Å². The fourth-order valence-corrected chi connectivity index (χ4v) is 2.61. The second-order valence-electron chi connectivity index (χ2n) is 4.50. The van der Waals surface area contributed by atoms with Gasteiger partial charge in [-0.1, -0.05) is 17.7 Å². The van der Waals surface area contributed by atoms with E-state index in [2.05, 4.69) is 21.2 Å². The van der Waals surface area contributed by atoms with E-state index in [-0.39, 0.29) is 11.5 Å². The summed E-state index contributed by atoms with van der Waals surface area (Å²) in [6.07, 6.45) is 0. The van der Waals surface area contributed by atoms with Crippen molar-refractivity contribution in [3.63, 3.8) is 0 Å². The average Bonchev–Trinajstić information content (AvgIpc) is 2.40. The van der Waals surface area contributed by atoms with E-state index in [0.717, 1.165) is 5.56 Å². The van der Waals surface area contributed by atoms with Gasteiger partial charge in [0.25, 0.3) is 5.91 Å². The monoisotopic (exact) mass is 366 g/mol. The second-order valence-corrected chi connectivity index (χ2v) is 5.76. The first-order valence-corrected chi connectivity index (χ1v) is 7.22. The van der Waals surface area contributed by atoms with E-state index >= 15 is 0 Å². The molecule has 2 aromatic rings. The van der Waals surface area contributed by atoms with E-state index in [1.807, 2.05) is 19.1 Å². The molecule has 0 aliphatic heterocycles. The Bertz CT molecular complexity index is 732. The average molecular weight is 368 g/mol. The van der Waals surface area contributed by atoms with Crippen LogP contribution in [0.4, 0.5) is 5.69 Å². The van der Waals surface area contributed by atoms with Gasteiger partial charge in [-0.3, -0.25) is 9.59 Å². The van der Waals surface area contributed by atoms with E-state index in [1.54, 1.807) is 6.07 Å². The summed E-state index contributed by atoms with van der Waals surface area (Å²) < 4.78 is 0.683. The summed E-state index contributed by atoms with van der Waals surface area (Å²) in [5.74, 6) is -0.913. The van der Waals surface area contributed by atoms with E-state index in [9.17, 15) is 9.59 Å². The maximum Gasteiger partial charge on any atom is 0.256 e. The van der Waals surface area contributed by atoms with Crippen LogP contribution < -0.4 is 11.1 Å². The summed E-state index contributed by atoms with van der Waals surface area (Å²) >= 11 is 9.37. The minimum atomic E-state index is -0.585. The summed E-state index contributed by atoms with van der Waals surface area (Å²) in [5.41, 5.74) is 7.33. The minimum absolute atomic E-state index is 0.276. The molecule has 6 heteroatoms. The zero-order valence-corrected chi connectivity index (χ0v) is 13.5. The molecule has 4 nitrogen and oxygen atoms in total. The normalized spacial score (nSPS) is 10.2. The standard InChI is InChI=1S/C15H12BrClN2O2/c1-8-2-4-10(11(16)6-8)15(21)19-13-7-9(14(18)20)3-5-12(13)17/h2-7H,1H3,(H2,18,20)(H,19,21). The molecule has 0 heterocycles. The Hall–Kier alpha value is -1.85. The van der Waals surface area contributed by atoms with Crippen LogP contribution in [-0.2, 0) is 0 Å². The summed E-state index contributed by atoms with van der Waals surface area (Å²) in [5, 5.41) is 3.00. The molecule has 2 aromatic carbocycles. The summed E-state index contributed by atoms with van der Waals surface area (Å²) in [6, 6.07) is 9.85. The van der Waals surface area contributed by atoms with Crippen molar-refractivity contribution < 1.29 is 9.59 Å². The molecule has 108 valence electrons. The van der Waals surface area contributed by atoms with Gasteiger partial charge >= 0.3 is 0 Å². The maximum atomic E-state index is 12.3.